The summed E-state index contributed by atoms with van der Waals surface area (Å²) in [7, 11) is 1.47. The summed E-state index contributed by atoms with van der Waals surface area (Å²) in [5, 5.41) is 13.6. The van der Waals surface area contributed by atoms with Gasteiger partial charge >= 0.3 is 6.03 Å². The van der Waals surface area contributed by atoms with Crippen molar-refractivity contribution in [3.63, 3.8) is 0 Å². The van der Waals surface area contributed by atoms with Crippen LogP contribution in [0.2, 0.25) is 0 Å². The molecule has 0 spiro atoms. The van der Waals surface area contributed by atoms with Crippen LogP contribution in [-0.2, 0) is 4.79 Å². The molecule has 0 unspecified atom stereocenters. The van der Waals surface area contributed by atoms with Gasteiger partial charge in [0.05, 0.1) is 0 Å². The molecule has 1 atom stereocenters. The lowest BCUT2D eigenvalue weighted by Gasteiger charge is -2.17. The number of thioether (sulfide) groups is 1. The lowest BCUT2D eigenvalue weighted by Crippen LogP contribution is -2.39. The number of amides is 3. The molecule has 1 heterocycles. The third-order valence-electron chi connectivity index (χ3n) is 4.64. The van der Waals surface area contributed by atoms with Gasteiger partial charge in [-0.1, -0.05) is 60.3 Å². The predicted molar refractivity (Wildman–Crippen MR) is 111 cm³/mol. The summed E-state index contributed by atoms with van der Waals surface area (Å²) >= 11 is 1.29. The number of nitrogens with one attached hydrogen (secondary N) is 2. The van der Waals surface area contributed by atoms with Gasteiger partial charge in [0.1, 0.15) is 11.1 Å². The second-order valence-electron chi connectivity index (χ2n) is 6.76. The van der Waals surface area contributed by atoms with Crippen LogP contribution in [0.5, 0.6) is 0 Å². The first-order valence-corrected chi connectivity index (χ1v) is 10.3. The zero-order chi connectivity index (χ0) is 20.2. The van der Waals surface area contributed by atoms with Crippen molar-refractivity contribution in [1.82, 2.24) is 25.4 Å². The molecule has 3 amide bonds. The van der Waals surface area contributed by atoms with Gasteiger partial charge in [-0.3, -0.25) is 14.7 Å². The zero-order valence-corrected chi connectivity index (χ0v) is 16.7. The van der Waals surface area contributed by atoms with Gasteiger partial charge in [0.15, 0.2) is 5.16 Å². The highest BCUT2D eigenvalue weighted by atomic mass is 32.2. The SMILES string of the molecule is CNC(=O)NC(=O)[C@H](Sc1nnc(C2CC2)n1-c1ccccc1)c1ccccc1. The van der Waals surface area contributed by atoms with Crippen molar-refractivity contribution < 1.29 is 9.59 Å². The minimum Gasteiger partial charge on any atom is -0.341 e. The van der Waals surface area contributed by atoms with E-state index in [2.05, 4.69) is 20.8 Å². The molecule has 0 saturated heterocycles. The van der Waals surface area contributed by atoms with Crippen LogP contribution in [0, 0.1) is 0 Å². The second-order valence-corrected chi connectivity index (χ2v) is 7.84. The molecule has 148 valence electrons. The van der Waals surface area contributed by atoms with E-state index in [1.54, 1.807) is 0 Å². The first-order chi connectivity index (χ1) is 14.2. The van der Waals surface area contributed by atoms with Crippen LogP contribution in [0.3, 0.4) is 0 Å². The van der Waals surface area contributed by atoms with Crippen molar-refractivity contribution in [2.24, 2.45) is 0 Å². The minimum atomic E-state index is -0.646. The van der Waals surface area contributed by atoms with E-state index in [1.807, 2.05) is 65.2 Å². The Hall–Kier alpha value is -3.13. The summed E-state index contributed by atoms with van der Waals surface area (Å²) in [6.07, 6.45) is 2.18. The Morgan fingerprint density at radius 3 is 2.31 bits per heavy atom. The van der Waals surface area contributed by atoms with Crippen LogP contribution in [0.4, 0.5) is 4.79 Å². The maximum Gasteiger partial charge on any atom is 0.321 e. The molecule has 2 aromatic carbocycles. The van der Waals surface area contributed by atoms with E-state index in [0.717, 1.165) is 29.9 Å². The van der Waals surface area contributed by atoms with Crippen molar-refractivity contribution in [2.45, 2.75) is 29.2 Å². The molecule has 2 N–H and O–H groups in total. The molecule has 4 rings (SSSR count). The van der Waals surface area contributed by atoms with Gasteiger partial charge in [-0.15, -0.1) is 10.2 Å². The lowest BCUT2D eigenvalue weighted by atomic mass is 10.1. The van der Waals surface area contributed by atoms with Crippen molar-refractivity contribution >= 4 is 23.7 Å². The third kappa shape index (κ3) is 4.32. The van der Waals surface area contributed by atoms with Crippen molar-refractivity contribution in [1.29, 1.82) is 0 Å². The fourth-order valence-corrected chi connectivity index (χ4v) is 4.09. The van der Waals surface area contributed by atoms with Gasteiger partial charge in [-0.05, 0) is 30.5 Å². The van der Waals surface area contributed by atoms with Gasteiger partial charge in [0.2, 0.25) is 5.91 Å². The molecule has 1 aromatic heterocycles. The number of nitrogens with zero attached hydrogens (tertiary/aromatic N) is 3. The highest BCUT2D eigenvalue weighted by Crippen LogP contribution is 2.43. The summed E-state index contributed by atoms with van der Waals surface area (Å²) in [5.41, 5.74) is 1.75. The van der Waals surface area contributed by atoms with Crippen LogP contribution in [-0.4, -0.2) is 33.8 Å². The second kappa shape index (κ2) is 8.48. The Bertz CT molecular complexity index is 1000. The van der Waals surface area contributed by atoms with E-state index < -0.39 is 17.2 Å². The molecular formula is C21H21N5O2S. The van der Waals surface area contributed by atoms with Gasteiger partial charge in [-0.2, -0.15) is 0 Å². The Kier molecular flexibility index (Phi) is 5.62. The van der Waals surface area contributed by atoms with Crippen molar-refractivity contribution in [3.05, 3.63) is 72.1 Å². The van der Waals surface area contributed by atoms with E-state index >= 15 is 0 Å². The fraction of sp³-hybridized carbons (Fsp3) is 0.238. The molecule has 1 fully saturated rings. The average molecular weight is 407 g/mol. The molecule has 8 heteroatoms. The number of imide groups is 1. The van der Waals surface area contributed by atoms with E-state index in [1.165, 1.54) is 18.8 Å². The molecule has 1 aliphatic carbocycles. The lowest BCUT2D eigenvalue weighted by molar-refractivity contribution is -0.119. The molecule has 3 aromatic rings. The van der Waals surface area contributed by atoms with Crippen molar-refractivity contribution in [3.8, 4) is 5.69 Å². The topological polar surface area (TPSA) is 88.9 Å². The third-order valence-corrected chi connectivity index (χ3v) is 5.84. The van der Waals surface area contributed by atoms with Crippen LogP contribution < -0.4 is 10.6 Å². The van der Waals surface area contributed by atoms with E-state index in [4.69, 9.17) is 0 Å². The smallest absolute Gasteiger partial charge is 0.321 e. The maximum atomic E-state index is 12.9. The first kappa shape index (κ1) is 19.2. The van der Waals surface area contributed by atoms with E-state index in [0.29, 0.717) is 11.1 Å². The van der Waals surface area contributed by atoms with Gasteiger partial charge in [0.25, 0.3) is 0 Å². The van der Waals surface area contributed by atoms with Crippen LogP contribution >= 0.6 is 11.8 Å². The molecule has 0 bridgehead atoms. The Labute approximate surface area is 172 Å². The molecule has 1 saturated carbocycles. The predicted octanol–water partition coefficient (Wildman–Crippen LogP) is 3.43. The van der Waals surface area contributed by atoms with Crippen LogP contribution in [0.1, 0.15) is 35.4 Å². The number of aromatic nitrogens is 3. The van der Waals surface area contributed by atoms with E-state index in [-0.39, 0.29) is 0 Å². The van der Waals surface area contributed by atoms with Gasteiger partial charge < -0.3 is 5.32 Å². The monoisotopic (exact) mass is 407 g/mol. The standard InChI is InChI=1S/C21H21N5O2S/c1-22-20(28)23-19(27)17(14-8-4-2-5-9-14)29-21-25-24-18(15-12-13-15)26(21)16-10-6-3-7-11-16/h2-11,15,17H,12-13H2,1H3,(H2,22,23,27,28)/t17-/m1/s1. The number of urea groups is 1. The highest BCUT2D eigenvalue weighted by Gasteiger charge is 2.33. The number of para-hydroxylation sites is 1. The Morgan fingerprint density at radius 1 is 1.03 bits per heavy atom. The number of hydrogen-bond acceptors (Lipinski definition) is 5. The molecule has 0 aliphatic heterocycles. The average Bonchev–Trinajstić information content (AvgIpc) is 3.52. The largest absolute Gasteiger partial charge is 0.341 e. The quantitative estimate of drug-likeness (QED) is 0.611. The summed E-state index contributed by atoms with van der Waals surface area (Å²) in [5.74, 6) is 0.903. The normalized spacial score (nSPS) is 14.2. The number of carbonyl (C=O) groups excluding carboxylic acids is 2. The maximum absolute atomic E-state index is 12.9. The van der Waals surface area contributed by atoms with Crippen LogP contribution in [0.15, 0.2) is 65.8 Å². The van der Waals surface area contributed by atoms with Crippen LogP contribution in [0.25, 0.3) is 5.69 Å². The van der Waals surface area contributed by atoms with Crippen molar-refractivity contribution in [2.75, 3.05) is 7.05 Å². The number of rotatable bonds is 6. The molecular weight excluding hydrogens is 386 g/mol. The number of hydrogen-bond donors (Lipinski definition) is 2. The fourth-order valence-electron chi connectivity index (χ4n) is 3.03. The molecule has 7 nitrogen and oxygen atoms in total. The summed E-state index contributed by atoms with van der Waals surface area (Å²) < 4.78 is 2.02. The van der Waals surface area contributed by atoms with Gasteiger partial charge in [-0.25, -0.2) is 4.79 Å². The number of carbonyl (C=O) groups is 2. The summed E-state index contributed by atoms with van der Waals surface area (Å²) in [4.78, 5) is 24.6. The summed E-state index contributed by atoms with van der Waals surface area (Å²) in [6.45, 7) is 0. The highest BCUT2D eigenvalue weighted by molar-refractivity contribution is 8.00. The Morgan fingerprint density at radius 2 is 1.69 bits per heavy atom. The van der Waals surface area contributed by atoms with E-state index in [9.17, 15) is 9.59 Å². The summed E-state index contributed by atoms with van der Waals surface area (Å²) in [6, 6.07) is 18.7. The Balaban J connectivity index is 1.71. The first-order valence-electron chi connectivity index (χ1n) is 9.42. The molecule has 0 radical (unpaired) electrons. The zero-order valence-electron chi connectivity index (χ0n) is 15.9. The van der Waals surface area contributed by atoms with Gasteiger partial charge in [0, 0.05) is 18.7 Å². The number of benzene rings is 2. The molecule has 1 aliphatic rings. The molecule has 29 heavy (non-hydrogen) atoms. The minimum absolute atomic E-state index is 0.395.